The van der Waals surface area contributed by atoms with E-state index in [1.54, 1.807) is 16.7 Å². The molecular formula is C18H19NO2S. The monoisotopic (exact) mass is 313 g/mol. The third-order valence-corrected chi connectivity index (χ3v) is 5.14. The fourth-order valence-electron chi connectivity index (χ4n) is 2.63. The zero-order valence-corrected chi connectivity index (χ0v) is 13.3. The molecule has 2 atom stereocenters. The number of β-amino-alcohol motifs (C(OH)–C–C–N with tert-alkyl or cyclic N) is 1. The van der Waals surface area contributed by atoms with Crippen LogP contribution in [0.3, 0.4) is 0 Å². The molecule has 0 radical (unpaired) electrons. The Kier molecular flexibility index (Phi) is 4.50. The number of amides is 1. The second-order valence-electron chi connectivity index (χ2n) is 5.55. The van der Waals surface area contributed by atoms with Crippen molar-refractivity contribution in [3.05, 3.63) is 71.3 Å². The van der Waals surface area contributed by atoms with Crippen molar-refractivity contribution in [2.75, 3.05) is 12.3 Å². The highest BCUT2D eigenvalue weighted by Gasteiger charge is 2.34. The van der Waals surface area contributed by atoms with Gasteiger partial charge in [0.25, 0.3) is 0 Å². The van der Waals surface area contributed by atoms with E-state index < -0.39 is 6.10 Å². The highest BCUT2D eigenvalue weighted by atomic mass is 32.2. The van der Waals surface area contributed by atoms with Crippen LogP contribution in [0.4, 0.5) is 0 Å². The smallest absolute Gasteiger partial charge is 0.233 e. The minimum absolute atomic E-state index is 0.00791. The number of carbonyl (C=O) groups excluding carboxylic acids is 1. The van der Waals surface area contributed by atoms with Gasteiger partial charge >= 0.3 is 0 Å². The SMILES string of the molecule is Cc1ccc([C@@H]2SCC(=O)N2C[C@@H](O)c2ccccc2)cc1. The van der Waals surface area contributed by atoms with Crippen molar-refractivity contribution in [2.24, 2.45) is 0 Å². The van der Waals surface area contributed by atoms with E-state index in [0.717, 1.165) is 11.1 Å². The van der Waals surface area contributed by atoms with Gasteiger partial charge in [-0.2, -0.15) is 0 Å². The fourth-order valence-corrected chi connectivity index (χ4v) is 3.83. The van der Waals surface area contributed by atoms with Gasteiger partial charge in [0.1, 0.15) is 5.37 Å². The number of benzene rings is 2. The van der Waals surface area contributed by atoms with Crippen molar-refractivity contribution in [1.29, 1.82) is 0 Å². The summed E-state index contributed by atoms with van der Waals surface area (Å²) in [5.41, 5.74) is 3.16. The first kappa shape index (κ1) is 15.1. The summed E-state index contributed by atoms with van der Waals surface area (Å²) in [6, 6.07) is 17.7. The van der Waals surface area contributed by atoms with Crippen molar-refractivity contribution >= 4 is 17.7 Å². The van der Waals surface area contributed by atoms with E-state index in [2.05, 4.69) is 24.3 Å². The lowest BCUT2D eigenvalue weighted by Crippen LogP contribution is -2.32. The molecule has 1 aliphatic heterocycles. The van der Waals surface area contributed by atoms with Gasteiger partial charge in [0, 0.05) is 0 Å². The highest BCUT2D eigenvalue weighted by molar-refractivity contribution is 8.00. The maximum absolute atomic E-state index is 12.2. The number of aliphatic hydroxyl groups excluding tert-OH is 1. The molecule has 1 saturated heterocycles. The zero-order chi connectivity index (χ0) is 15.5. The molecule has 0 aromatic heterocycles. The summed E-state index contributed by atoms with van der Waals surface area (Å²) in [4.78, 5) is 14.0. The van der Waals surface area contributed by atoms with Gasteiger partial charge < -0.3 is 10.0 Å². The van der Waals surface area contributed by atoms with E-state index in [4.69, 9.17) is 0 Å². The Bertz CT molecular complexity index is 642. The van der Waals surface area contributed by atoms with Gasteiger partial charge in [-0.25, -0.2) is 0 Å². The van der Waals surface area contributed by atoms with Crippen molar-refractivity contribution in [2.45, 2.75) is 18.4 Å². The van der Waals surface area contributed by atoms with Crippen LogP contribution in [-0.4, -0.2) is 28.2 Å². The second kappa shape index (κ2) is 6.55. The highest BCUT2D eigenvalue weighted by Crippen LogP contribution is 2.39. The Hall–Kier alpha value is -1.78. The summed E-state index contributed by atoms with van der Waals surface area (Å²) in [6.45, 7) is 2.38. The van der Waals surface area contributed by atoms with Crippen LogP contribution in [0.5, 0.6) is 0 Å². The molecule has 3 rings (SSSR count). The molecule has 1 heterocycles. The Balaban J connectivity index is 1.78. The minimum Gasteiger partial charge on any atom is -0.387 e. The topological polar surface area (TPSA) is 40.5 Å². The Morgan fingerprint density at radius 1 is 1.18 bits per heavy atom. The molecule has 22 heavy (non-hydrogen) atoms. The van der Waals surface area contributed by atoms with Crippen LogP contribution < -0.4 is 0 Å². The summed E-state index contributed by atoms with van der Waals surface area (Å²) in [7, 11) is 0. The van der Waals surface area contributed by atoms with Crippen LogP contribution in [0.1, 0.15) is 28.2 Å². The number of aliphatic hydroxyl groups is 1. The largest absolute Gasteiger partial charge is 0.387 e. The van der Waals surface area contributed by atoms with E-state index in [-0.39, 0.29) is 11.3 Å². The first-order chi connectivity index (χ1) is 10.6. The molecule has 3 nitrogen and oxygen atoms in total. The first-order valence-electron chi connectivity index (χ1n) is 7.36. The van der Waals surface area contributed by atoms with Gasteiger partial charge in [-0.05, 0) is 18.1 Å². The van der Waals surface area contributed by atoms with E-state index in [9.17, 15) is 9.90 Å². The fraction of sp³-hybridized carbons (Fsp3) is 0.278. The van der Waals surface area contributed by atoms with Gasteiger partial charge in [-0.15, -0.1) is 11.8 Å². The Morgan fingerprint density at radius 2 is 1.86 bits per heavy atom. The van der Waals surface area contributed by atoms with Crippen LogP contribution in [0.2, 0.25) is 0 Å². The Morgan fingerprint density at radius 3 is 2.55 bits per heavy atom. The van der Waals surface area contributed by atoms with Crippen molar-refractivity contribution in [3.8, 4) is 0 Å². The molecule has 0 saturated carbocycles. The number of carbonyl (C=O) groups is 1. The van der Waals surface area contributed by atoms with E-state index in [0.29, 0.717) is 12.3 Å². The zero-order valence-electron chi connectivity index (χ0n) is 12.5. The quantitative estimate of drug-likeness (QED) is 0.941. The van der Waals surface area contributed by atoms with E-state index in [1.807, 2.05) is 37.3 Å². The second-order valence-corrected chi connectivity index (χ2v) is 6.62. The molecule has 0 spiro atoms. The maximum atomic E-state index is 12.2. The predicted molar refractivity (Wildman–Crippen MR) is 89.5 cm³/mol. The van der Waals surface area contributed by atoms with Crippen LogP contribution in [-0.2, 0) is 4.79 Å². The molecule has 1 amide bonds. The van der Waals surface area contributed by atoms with E-state index in [1.165, 1.54) is 5.56 Å². The first-order valence-corrected chi connectivity index (χ1v) is 8.40. The number of thioether (sulfide) groups is 1. The molecule has 1 fully saturated rings. The summed E-state index contributed by atoms with van der Waals surface area (Å²) in [6.07, 6.45) is -0.656. The van der Waals surface area contributed by atoms with Gasteiger partial charge in [0.2, 0.25) is 5.91 Å². The molecule has 1 N–H and O–H groups in total. The van der Waals surface area contributed by atoms with Crippen molar-refractivity contribution < 1.29 is 9.90 Å². The van der Waals surface area contributed by atoms with Gasteiger partial charge in [0.15, 0.2) is 0 Å². The summed E-state index contributed by atoms with van der Waals surface area (Å²) >= 11 is 1.62. The average molecular weight is 313 g/mol. The molecule has 0 bridgehead atoms. The van der Waals surface area contributed by atoms with Crippen LogP contribution >= 0.6 is 11.8 Å². The Labute approximate surface area is 135 Å². The number of rotatable bonds is 4. The molecule has 114 valence electrons. The predicted octanol–water partition coefficient (Wildman–Crippen LogP) is 3.30. The molecule has 4 heteroatoms. The van der Waals surface area contributed by atoms with Crippen LogP contribution in [0.15, 0.2) is 54.6 Å². The van der Waals surface area contributed by atoms with Gasteiger partial charge in [-0.3, -0.25) is 4.79 Å². The number of hydrogen-bond donors (Lipinski definition) is 1. The lowest BCUT2D eigenvalue weighted by molar-refractivity contribution is -0.129. The maximum Gasteiger partial charge on any atom is 0.233 e. The van der Waals surface area contributed by atoms with Crippen LogP contribution in [0.25, 0.3) is 0 Å². The van der Waals surface area contributed by atoms with Crippen molar-refractivity contribution in [3.63, 3.8) is 0 Å². The van der Waals surface area contributed by atoms with E-state index >= 15 is 0 Å². The molecule has 0 unspecified atom stereocenters. The molecule has 2 aromatic carbocycles. The third-order valence-electron chi connectivity index (χ3n) is 3.88. The average Bonchev–Trinajstić information content (AvgIpc) is 2.90. The molecular weight excluding hydrogens is 294 g/mol. The molecule has 1 aliphatic rings. The number of nitrogens with zero attached hydrogens (tertiary/aromatic N) is 1. The third kappa shape index (κ3) is 3.18. The lowest BCUT2D eigenvalue weighted by atomic mass is 10.1. The summed E-state index contributed by atoms with van der Waals surface area (Å²) in [5, 5.41) is 10.4. The molecule has 0 aliphatic carbocycles. The van der Waals surface area contributed by atoms with Crippen LogP contribution in [0, 0.1) is 6.92 Å². The number of hydrogen-bond acceptors (Lipinski definition) is 3. The summed E-state index contributed by atoms with van der Waals surface area (Å²) < 4.78 is 0. The normalized spacial score (nSPS) is 19.5. The van der Waals surface area contributed by atoms with Gasteiger partial charge in [0.05, 0.1) is 18.4 Å². The molecule has 2 aromatic rings. The van der Waals surface area contributed by atoms with Crippen molar-refractivity contribution in [1.82, 2.24) is 4.90 Å². The minimum atomic E-state index is -0.656. The number of aryl methyl sites for hydroxylation is 1. The lowest BCUT2D eigenvalue weighted by Gasteiger charge is -2.27. The standard InChI is InChI=1S/C18H19NO2S/c1-13-7-9-15(10-8-13)18-19(17(21)12-22-18)11-16(20)14-5-3-2-4-6-14/h2-10,16,18,20H,11-12H2,1H3/t16-,18+/m1/s1. The van der Waals surface area contributed by atoms with Gasteiger partial charge in [-0.1, -0.05) is 60.2 Å². The summed E-state index contributed by atoms with van der Waals surface area (Å²) in [5.74, 6) is 0.561.